The molecule has 20 heteroatoms. The van der Waals surface area contributed by atoms with Gasteiger partial charge in [0.2, 0.25) is 11.8 Å². The molecule has 2 aromatic heterocycles. The van der Waals surface area contributed by atoms with Gasteiger partial charge in [-0.15, -0.1) is 11.3 Å². The normalized spacial score (nSPS) is 15.9. The molecule has 0 aliphatic carbocycles. The number of hydrogen-bond donors (Lipinski definition) is 3. The van der Waals surface area contributed by atoms with Crippen LogP contribution < -0.4 is 25.8 Å². The van der Waals surface area contributed by atoms with Gasteiger partial charge in [-0.05, 0) is 116 Å². The highest BCUT2D eigenvalue weighted by atomic mass is 32.1. The minimum atomic E-state index is -5.21. The lowest BCUT2D eigenvalue weighted by molar-refractivity contribution is -0.142. The van der Waals surface area contributed by atoms with Gasteiger partial charge in [-0.3, -0.25) is 33.9 Å². The number of carbonyl (C=O) groups excluding carboxylic acids is 5. The molecule has 0 spiro atoms. The summed E-state index contributed by atoms with van der Waals surface area (Å²) in [6.07, 6.45) is -2.65. The number of nitriles is 1. The quantitative estimate of drug-likeness (QED) is 0.0745. The van der Waals surface area contributed by atoms with Crippen LogP contribution in [-0.2, 0) is 33.6 Å². The van der Waals surface area contributed by atoms with E-state index in [0.717, 1.165) is 33.8 Å². The number of thiazole rings is 1. The predicted octanol–water partition coefficient (Wildman–Crippen LogP) is 9.51. The summed E-state index contributed by atoms with van der Waals surface area (Å²) in [4.78, 5) is 81.7. The zero-order chi connectivity index (χ0) is 54.1. The molecule has 2 saturated heterocycles. The smallest absolute Gasteiger partial charge is 0.350 e. The second kappa shape index (κ2) is 21.2. The van der Waals surface area contributed by atoms with Crippen molar-refractivity contribution in [2.45, 2.75) is 91.3 Å². The molecule has 386 valence electrons. The fourth-order valence-electron chi connectivity index (χ4n) is 9.08. The second-order valence-corrected chi connectivity index (χ2v) is 21.0. The van der Waals surface area contributed by atoms with E-state index in [9.17, 15) is 42.4 Å². The minimum absolute atomic E-state index is 0.140. The standard InChI is InChI=1S/C55H51F4N9O5S2/c1-31-45(75-30-64-31)35-13-9-32(10-14-35)28-63-49(71)42-8-7-25-66(42)50(72)46(53(2,3)4)65-48(70)37-15-11-33(12-16-37)27-62-47(69)36-19-17-34(18-20-36)40-23-22-39(29-61-40)68-52(74)67(51(73)54(68,5)6)41-24-21-38(26-60)43(44(41)56)55(57,58)59/h9-24,29-30,42,46H,7-8,25,27-28H2,1-6H3,(H,62,69)(H,63,71)(H,65,70). The minimum Gasteiger partial charge on any atom is -0.350 e. The molecule has 2 atom stereocenters. The van der Waals surface area contributed by atoms with E-state index in [4.69, 9.17) is 12.2 Å². The van der Waals surface area contributed by atoms with Crippen LogP contribution in [0.5, 0.6) is 0 Å². The van der Waals surface area contributed by atoms with Crippen LogP contribution in [-0.4, -0.2) is 73.7 Å². The van der Waals surface area contributed by atoms with Gasteiger partial charge in [0, 0.05) is 36.3 Å². The van der Waals surface area contributed by atoms with Crippen molar-refractivity contribution < 1.29 is 41.5 Å². The number of anilines is 2. The van der Waals surface area contributed by atoms with Gasteiger partial charge in [0.1, 0.15) is 23.2 Å². The monoisotopic (exact) mass is 1060 g/mol. The Morgan fingerprint density at radius 3 is 2.05 bits per heavy atom. The van der Waals surface area contributed by atoms with Gasteiger partial charge in [0.15, 0.2) is 10.9 Å². The van der Waals surface area contributed by atoms with Crippen molar-refractivity contribution in [1.82, 2.24) is 30.8 Å². The van der Waals surface area contributed by atoms with Gasteiger partial charge < -0.3 is 25.8 Å². The molecular formula is C55H51F4N9O5S2. The predicted molar refractivity (Wildman–Crippen MR) is 280 cm³/mol. The number of nitrogens with zero attached hydrogens (tertiary/aromatic N) is 6. The Balaban J connectivity index is 0.845. The number of likely N-dealkylation sites (tertiary alicyclic amines) is 1. The molecule has 3 N–H and O–H groups in total. The number of aryl methyl sites for hydroxylation is 1. The van der Waals surface area contributed by atoms with Gasteiger partial charge in [-0.1, -0.05) is 69.3 Å². The average Bonchev–Trinajstić information content (AvgIpc) is 4.10. The summed E-state index contributed by atoms with van der Waals surface area (Å²) in [5.74, 6) is -4.02. The summed E-state index contributed by atoms with van der Waals surface area (Å²) < 4.78 is 56.9. The Labute approximate surface area is 439 Å². The van der Waals surface area contributed by atoms with Crippen LogP contribution in [0.4, 0.5) is 28.9 Å². The molecule has 75 heavy (non-hydrogen) atoms. The average molecular weight is 1060 g/mol. The van der Waals surface area contributed by atoms with E-state index in [2.05, 4.69) is 25.9 Å². The lowest BCUT2D eigenvalue weighted by Gasteiger charge is -2.35. The molecule has 0 bridgehead atoms. The van der Waals surface area contributed by atoms with Crippen LogP contribution in [0.2, 0.25) is 0 Å². The summed E-state index contributed by atoms with van der Waals surface area (Å²) in [5, 5.41) is 17.7. The number of hydrogen-bond acceptors (Lipinski definition) is 10. The highest BCUT2D eigenvalue weighted by Crippen LogP contribution is 2.42. The first-order valence-electron chi connectivity index (χ1n) is 23.8. The number of carbonyl (C=O) groups is 5. The molecule has 2 aliphatic rings. The van der Waals surface area contributed by atoms with E-state index < -0.39 is 63.7 Å². The molecule has 8 rings (SSSR count). The topological polar surface area (TPSA) is 181 Å². The summed E-state index contributed by atoms with van der Waals surface area (Å²) >= 11 is 7.11. The van der Waals surface area contributed by atoms with Gasteiger partial charge in [-0.2, -0.15) is 18.4 Å². The lowest BCUT2D eigenvalue weighted by atomic mass is 9.85. The van der Waals surface area contributed by atoms with Crippen LogP contribution in [0.3, 0.4) is 0 Å². The molecule has 2 unspecified atom stereocenters. The van der Waals surface area contributed by atoms with E-state index in [1.165, 1.54) is 31.0 Å². The number of nitrogens with one attached hydrogen (secondary N) is 3. The molecule has 4 aromatic carbocycles. The maximum Gasteiger partial charge on any atom is 0.420 e. The Hall–Kier alpha value is -7.89. The molecule has 6 aromatic rings. The van der Waals surface area contributed by atoms with Crippen LogP contribution in [0.1, 0.15) is 96.1 Å². The Morgan fingerprint density at radius 2 is 1.47 bits per heavy atom. The van der Waals surface area contributed by atoms with Gasteiger partial charge in [-0.25, -0.2) is 9.37 Å². The first kappa shape index (κ1) is 53.4. The number of benzene rings is 4. The first-order valence-corrected chi connectivity index (χ1v) is 25.1. The highest BCUT2D eigenvalue weighted by molar-refractivity contribution is 7.81. The zero-order valence-electron chi connectivity index (χ0n) is 41.6. The zero-order valence-corrected chi connectivity index (χ0v) is 43.3. The summed E-state index contributed by atoms with van der Waals surface area (Å²) in [7, 11) is 0. The third kappa shape index (κ3) is 11.0. The Morgan fingerprint density at radius 1 is 0.853 bits per heavy atom. The summed E-state index contributed by atoms with van der Waals surface area (Å²) in [5.41, 5.74) is 1.88. The SMILES string of the molecule is Cc1ncsc1-c1ccc(CNC(=O)C2CCCN2C(=O)C(NC(=O)c2ccc(CNC(=O)c3ccc(-c4ccc(N5C(=S)N(c6ccc(C#N)c(C(F)(F)F)c6F)C(=O)C5(C)C)cn4)cc3)cc2)C(C)(C)C)cc1. The number of alkyl halides is 3. The lowest BCUT2D eigenvalue weighted by Crippen LogP contribution is -2.57. The third-order valence-electron chi connectivity index (χ3n) is 13.2. The number of thiocarbonyl (C=S) groups is 1. The number of rotatable bonds is 13. The van der Waals surface area contributed by atoms with Gasteiger partial charge >= 0.3 is 6.18 Å². The molecule has 5 amide bonds. The Kier molecular flexibility index (Phi) is 15.1. The van der Waals surface area contributed by atoms with Crippen LogP contribution >= 0.6 is 23.6 Å². The van der Waals surface area contributed by atoms with Crippen molar-refractivity contribution in [1.29, 1.82) is 5.26 Å². The fraction of sp³-hybridized carbons (Fsp3) is 0.291. The number of halogens is 4. The van der Waals surface area contributed by atoms with E-state index in [1.807, 2.05) is 57.5 Å². The fourth-order valence-corrected chi connectivity index (χ4v) is 10.4. The van der Waals surface area contributed by atoms with Crippen molar-refractivity contribution in [2.24, 2.45) is 5.41 Å². The highest BCUT2D eigenvalue weighted by Gasteiger charge is 2.52. The Bertz CT molecular complexity index is 3240. The van der Waals surface area contributed by atoms with Gasteiger partial charge in [0.05, 0.1) is 51.0 Å². The largest absolute Gasteiger partial charge is 0.420 e. The van der Waals surface area contributed by atoms with E-state index in [0.29, 0.717) is 64.5 Å². The molecular weight excluding hydrogens is 1010 g/mol. The van der Waals surface area contributed by atoms with Crippen molar-refractivity contribution in [3.63, 3.8) is 0 Å². The van der Waals surface area contributed by atoms with Crippen LogP contribution in [0.15, 0.2) is 109 Å². The van der Waals surface area contributed by atoms with Crippen LogP contribution in [0.25, 0.3) is 21.7 Å². The van der Waals surface area contributed by atoms with Crippen LogP contribution in [0, 0.1) is 29.5 Å². The van der Waals surface area contributed by atoms with E-state index in [1.54, 1.807) is 76.9 Å². The number of aromatic nitrogens is 2. The third-order valence-corrected chi connectivity index (χ3v) is 14.6. The van der Waals surface area contributed by atoms with Crippen molar-refractivity contribution in [2.75, 3.05) is 16.3 Å². The van der Waals surface area contributed by atoms with Gasteiger partial charge in [0.25, 0.3) is 17.7 Å². The molecule has 0 radical (unpaired) electrons. The number of pyridine rings is 1. The van der Waals surface area contributed by atoms with Crippen molar-refractivity contribution in [3.8, 4) is 27.8 Å². The van der Waals surface area contributed by atoms with Crippen molar-refractivity contribution >= 4 is 69.6 Å². The molecule has 0 saturated carbocycles. The molecule has 2 aliphatic heterocycles. The first-order chi connectivity index (χ1) is 35.5. The maximum absolute atomic E-state index is 15.5. The summed E-state index contributed by atoms with van der Waals surface area (Å²) in [6, 6.07) is 25.8. The number of amides is 5. The molecule has 2 fully saturated rings. The molecule has 4 heterocycles. The second-order valence-electron chi connectivity index (χ2n) is 19.8. The van der Waals surface area contributed by atoms with E-state index in [-0.39, 0.29) is 29.4 Å². The van der Waals surface area contributed by atoms with E-state index >= 15 is 4.39 Å². The van der Waals surface area contributed by atoms with Crippen molar-refractivity contribution in [3.05, 3.63) is 154 Å². The summed E-state index contributed by atoms with van der Waals surface area (Å²) in [6.45, 7) is 11.3. The molecule has 14 nitrogen and oxygen atoms in total. The maximum atomic E-state index is 15.5.